The van der Waals surface area contributed by atoms with Crippen LogP contribution in [0, 0.1) is 11.8 Å². The number of nitrogens with zero attached hydrogens (tertiary/aromatic N) is 1. The second-order valence-electron chi connectivity index (χ2n) is 6.45. The molecule has 6 heteroatoms. The van der Waals surface area contributed by atoms with E-state index in [1.165, 1.54) is 0 Å². The average Bonchev–Trinajstić information content (AvgIpc) is 2.57. The zero-order chi connectivity index (χ0) is 16.5. The minimum Gasteiger partial charge on any atom is -0.379 e. The summed E-state index contributed by atoms with van der Waals surface area (Å²) in [5.41, 5.74) is 6.03. The lowest BCUT2D eigenvalue weighted by Crippen LogP contribution is -2.54. The fraction of sp³-hybridized carbons (Fsp3) is 0.941. The van der Waals surface area contributed by atoms with Gasteiger partial charge in [-0.2, -0.15) is 0 Å². The van der Waals surface area contributed by atoms with Gasteiger partial charge in [0.05, 0.1) is 19.3 Å². The number of rotatable bonds is 9. The zero-order valence-electron chi connectivity index (χ0n) is 15.2. The van der Waals surface area contributed by atoms with E-state index in [1.54, 1.807) is 0 Å². The lowest BCUT2D eigenvalue weighted by molar-refractivity contribution is -0.123. The minimum absolute atomic E-state index is 0. The molecule has 0 aromatic carbocycles. The quantitative estimate of drug-likeness (QED) is 0.668. The van der Waals surface area contributed by atoms with Crippen molar-refractivity contribution in [3.8, 4) is 0 Å². The van der Waals surface area contributed by atoms with Crippen LogP contribution in [0.4, 0.5) is 0 Å². The number of ether oxygens (including phenoxy) is 1. The molecule has 0 bridgehead atoms. The van der Waals surface area contributed by atoms with Crippen LogP contribution >= 0.6 is 12.4 Å². The van der Waals surface area contributed by atoms with Crippen molar-refractivity contribution >= 4 is 18.3 Å². The Balaban J connectivity index is 0.00000484. The molecule has 0 aromatic rings. The van der Waals surface area contributed by atoms with Crippen LogP contribution in [-0.4, -0.2) is 55.7 Å². The fourth-order valence-corrected chi connectivity index (χ4v) is 3.17. The van der Waals surface area contributed by atoms with Crippen LogP contribution in [0.5, 0.6) is 0 Å². The molecule has 5 nitrogen and oxygen atoms in total. The molecule has 1 rings (SSSR count). The molecule has 1 amide bonds. The van der Waals surface area contributed by atoms with Gasteiger partial charge in [-0.25, -0.2) is 0 Å². The molecule has 1 saturated heterocycles. The highest BCUT2D eigenvalue weighted by Crippen LogP contribution is 2.19. The molecule has 138 valence electrons. The molecule has 0 spiro atoms. The first-order valence-electron chi connectivity index (χ1n) is 8.90. The Hall–Kier alpha value is -0.360. The normalized spacial score (nSPS) is 19.7. The van der Waals surface area contributed by atoms with E-state index in [9.17, 15) is 4.79 Å². The first-order chi connectivity index (χ1) is 10.5. The highest BCUT2D eigenvalue weighted by molar-refractivity contribution is 5.85. The number of amides is 1. The molecule has 0 radical (unpaired) electrons. The van der Waals surface area contributed by atoms with Gasteiger partial charge < -0.3 is 15.8 Å². The van der Waals surface area contributed by atoms with Gasteiger partial charge in [0.15, 0.2) is 0 Å². The highest BCUT2D eigenvalue weighted by atomic mass is 35.5. The van der Waals surface area contributed by atoms with Crippen LogP contribution in [0.2, 0.25) is 0 Å². The van der Waals surface area contributed by atoms with E-state index in [-0.39, 0.29) is 24.2 Å². The molecule has 3 atom stereocenters. The number of nitrogens with two attached hydrogens (primary N) is 1. The topological polar surface area (TPSA) is 67.6 Å². The van der Waals surface area contributed by atoms with Gasteiger partial charge in [-0.1, -0.05) is 47.0 Å². The first kappa shape index (κ1) is 22.6. The zero-order valence-corrected chi connectivity index (χ0v) is 16.0. The molecule has 0 saturated carbocycles. The van der Waals surface area contributed by atoms with E-state index in [2.05, 4.69) is 31.0 Å². The van der Waals surface area contributed by atoms with Crippen molar-refractivity contribution in [2.75, 3.05) is 32.8 Å². The summed E-state index contributed by atoms with van der Waals surface area (Å²) in [5.74, 6) is 0.798. The Kier molecular flexibility index (Phi) is 11.9. The fourth-order valence-electron chi connectivity index (χ4n) is 3.17. The number of carbonyl (C=O) groups excluding carboxylic acids is 1. The molecule has 1 fully saturated rings. The van der Waals surface area contributed by atoms with Crippen molar-refractivity contribution in [2.24, 2.45) is 17.6 Å². The summed E-state index contributed by atoms with van der Waals surface area (Å²) in [6.07, 6.45) is 3.19. The average molecular weight is 350 g/mol. The maximum absolute atomic E-state index is 12.3. The van der Waals surface area contributed by atoms with Gasteiger partial charge in [-0.05, 0) is 11.8 Å². The number of carbonyl (C=O) groups is 1. The van der Waals surface area contributed by atoms with Gasteiger partial charge in [-0.3, -0.25) is 9.69 Å². The predicted octanol–water partition coefficient (Wildman–Crippen LogP) is 2.03. The Morgan fingerprint density at radius 2 is 1.74 bits per heavy atom. The van der Waals surface area contributed by atoms with Crippen molar-refractivity contribution in [2.45, 2.75) is 59.0 Å². The van der Waals surface area contributed by atoms with Crippen LogP contribution in [0.3, 0.4) is 0 Å². The third-order valence-corrected chi connectivity index (χ3v) is 5.15. The number of nitrogens with one attached hydrogen (secondary N) is 1. The molecule has 23 heavy (non-hydrogen) atoms. The van der Waals surface area contributed by atoms with E-state index >= 15 is 0 Å². The van der Waals surface area contributed by atoms with E-state index in [1.807, 2.05) is 6.92 Å². The van der Waals surface area contributed by atoms with Crippen molar-refractivity contribution < 1.29 is 9.53 Å². The number of hydrogen-bond donors (Lipinski definition) is 2. The Bertz CT molecular complexity index is 321. The van der Waals surface area contributed by atoms with E-state index in [4.69, 9.17) is 10.5 Å². The second-order valence-corrected chi connectivity index (χ2v) is 6.45. The van der Waals surface area contributed by atoms with Crippen molar-refractivity contribution in [3.63, 3.8) is 0 Å². The summed E-state index contributed by atoms with van der Waals surface area (Å²) in [7, 11) is 0. The lowest BCUT2D eigenvalue weighted by atomic mass is 9.92. The van der Waals surface area contributed by atoms with Crippen LogP contribution in [0.15, 0.2) is 0 Å². The molecule has 1 heterocycles. The van der Waals surface area contributed by atoms with Gasteiger partial charge in [-0.15, -0.1) is 12.4 Å². The van der Waals surface area contributed by atoms with Crippen molar-refractivity contribution in [3.05, 3.63) is 0 Å². The van der Waals surface area contributed by atoms with Crippen LogP contribution in [-0.2, 0) is 9.53 Å². The van der Waals surface area contributed by atoms with E-state index in [0.717, 1.165) is 45.6 Å². The monoisotopic (exact) mass is 349 g/mol. The first-order valence-corrected chi connectivity index (χ1v) is 8.90. The third kappa shape index (κ3) is 6.96. The highest BCUT2D eigenvalue weighted by Gasteiger charge is 2.28. The molecular weight excluding hydrogens is 314 g/mol. The maximum Gasteiger partial charge on any atom is 0.237 e. The second kappa shape index (κ2) is 12.1. The van der Waals surface area contributed by atoms with Gasteiger partial charge in [0.2, 0.25) is 5.91 Å². The summed E-state index contributed by atoms with van der Waals surface area (Å²) in [6, 6.07) is -0.0241. The minimum atomic E-state index is -0.406. The molecule has 3 N–H and O–H groups in total. The molecule has 3 unspecified atom stereocenters. The Labute approximate surface area is 148 Å². The van der Waals surface area contributed by atoms with Gasteiger partial charge in [0.1, 0.15) is 0 Å². The number of morpholine rings is 1. The standard InChI is InChI=1S/C17H35N3O2.ClH/c1-5-13(4)16(18)17(21)19-12-15(14(6-2)7-3)20-8-10-22-11-9-20;/h13-16H,5-12,18H2,1-4H3,(H,19,21);1H. The molecule has 1 aliphatic rings. The Morgan fingerprint density at radius 3 is 2.22 bits per heavy atom. The van der Waals surface area contributed by atoms with Crippen LogP contribution < -0.4 is 11.1 Å². The SMILES string of the molecule is CCC(C)C(N)C(=O)NCC(C(CC)CC)N1CCOCC1.Cl. The van der Waals surface area contributed by atoms with E-state index in [0.29, 0.717) is 18.5 Å². The summed E-state index contributed by atoms with van der Waals surface area (Å²) < 4.78 is 5.46. The Morgan fingerprint density at radius 1 is 1.17 bits per heavy atom. The molecule has 1 aliphatic heterocycles. The molecule has 0 aliphatic carbocycles. The smallest absolute Gasteiger partial charge is 0.237 e. The van der Waals surface area contributed by atoms with Crippen molar-refractivity contribution in [1.29, 1.82) is 0 Å². The molecular formula is C17H36ClN3O2. The largest absolute Gasteiger partial charge is 0.379 e. The number of hydrogen-bond acceptors (Lipinski definition) is 4. The third-order valence-electron chi connectivity index (χ3n) is 5.15. The summed E-state index contributed by atoms with van der Waals surface area (Å²) in [6.45, 7) is 12.7. The maximum atomic E-state index is 12.3. The van der Waals surface area contributed by atoms with Crippen molar-refractivity contribution in [1.82, 2.24) is 10.2 Å². The summed E-state index contributed by atoms with van der Waals surface area (Å²) in [4.78, 5) is 14.7. The lowest BCUT2D eigenvalue weighted by Gasteiger charge is -2.39. The predicted molar refractivity (Wildman–Crippen MR) is 97.9 cm³/mol. The van der Waals surface area contributed by atoms with Crippen LogP contribution in [0.1, 0.15) is 47.0 Å². The summed E-state index contributed by atoms with van der Waals surface area (Å²) >= 11 is 0. The van der Waals surface area contributed by atoms with Gasteiger partial charge in [0.25, 0.3) is 0 Å². The van der Waals surface area contributed by atoms with Gasteiger partial charge >= 0.3 is 0 Å². The van der Waals surface area contributed by atoms with Crippen LogP contribution in [0.25, 0.3) is 0 Å². The van der Waals surface area contributed by atoms with E-state index < -0.39 is 6.04 Å². The molecule has 0 aromatic heterocycles. The summed E-state index contributed by atoms with van der Waals surface area (Å²) in [5, 5.41) is 3.10. The van der Waals surface area contributed by atoms with Gasteiger partial charge in [0, 0.05) is 25.7 Å². The number of halogens is 1.